The molecule has 1 atom stereocenters. The van der Waals surface area contributed by atoms with Crippen molar-refractivity contribution in [1.29, 1.82) is 0 Å². The molecule has 0 amide bonds. The van der Waals surface area contributed by atoms with Crippen molar-refractivity contribution in [3.8, 4) is 5.75 Å². The largest absolute Gasteiger partial charge is 0.496 e. The Kier molecular flexibility index (Phi) is 3.46. The van der Waals surface area contributed by atoms with Gasteiger partial charge in [0, 0.05) is 23.3 Å². The van der Waals surface area contributed by atoms with Crippen molar-refractivity contribution in [2.24, 2.45) is 0 Å². The summed E-state index contributed by atoms with van der Waals surface area (Å²) in [4.78, 5) is 15.8. The van der Waals surface area contributed by atoms with Crippen molar-refractivity contribution >= 4 is 16.7 Å². The predicted octanol–water partition coefficient (Wildman–Crippen LogP) is 2.52. The average molecular weight is 245 g/mol. The van der Waals surface area contributed by atoms with Crippen LogP contribution in [0.5, 0.6) is 5.75 Å². The molecule has 0 radical (unpaired) electrons. The number of esters is 1. The van der Waals surface area contributed by atoms with Crippen LogP contribution in [0, 0.1) is 0 Å². The topological polar surface area (TPSA) is 48.4 Å². The summed E-state index contributed by atoms with van der Waals surface area (Å²) in [7, 11) is 2.98. The molecule has 0 aliphatic rings. The third-order valence-electron chi connectivity index (χ3n) is 3.03. The second-order valence-electron chi connectivity index (χ2n) is 4.02. The first-order valence-electron chi connectivity index (χ1n) is 5.67. The normalized spacial score (nSPS) is 12.2. The van der Waals surface area contributed by atoms with Crippen LogP contribution < -0.4 is 4.74 Å². The summed E-state index contributed by atoms with van der Waals surface area (Å²) in [6, 6.07) is 5.65. The number of hydrogen-bond acceptors (Lipinski definition) is 4. The highest BCUT2D eigenvalue weighted by atomic mass is 16.5. The van der Waals surface area contributed by atoms with Crippen LogP contribution in [-0.4, -0.2) is 25.2 Å². The maximum Gasteiger partial charge on any atom is 0.313 e. The van der Waals surface area contributed by atoms with E-state index in [1.54, 1.807) is 19.5 Å². The highest BCUT2D eigenvalue weighted by Gasteiger charge is 2.22. The molecule has 1 heterocycles. The summed E-state index contributed by atoms with van der Waals surface area (Å²) in [5.74, 6) is 0.0280. The fourth-order valence-electron chi connectivity index (χ4n) is 2.09. The molecule has 1 unspecified atom stereocenters. The zero-order chi connectivity index (χ0) is 13.1. The van der Waals surface area contributed by atoms with Gasteiger partial charge in [0.2, 0.25) is 0 Å². The van der Waals surface area contributed by atoms with Crippen molar-refractivity contribution < 1.29 is 14.3 Å². The van der Waals surface area contributed by atoms with Crippen LogP contribution in [0.15, 0.2) is 30.6 Å². The second kappa shape index (κ2) is 5.04. The predicted molar refractivity (Wildman–Crippen MR) is 68.7 cm³/mol. The van der Waals surface area contributed by atoms with E-state index in [4.69, 9.17) is 9.47 Å². The first-order valence-corrected chi connectivity index (χ1v) is 5.67. The molecular formula is C14H15NO3. The SMILES string of the molecule is COC(=O)C(C)c1c(OC)ccc2cnccc12. The van der Waals surface area contributed by atoms with E-state index < -0.39 is 0 Å². The summed E-state index contributed by atoms with van der Waals surface area (Å²) >= 11 is 0. The van der Waals surface area contributed by atoms with Crippen LogP contribution in [0.3, 0.4) is 0 Å². The number of ether oxygens (including phenoxy) is 2. The van der Waals surface area contributed by atoms with Gasteiger partial charge in [-0.2, -0.15) is 0 Å². The van der Waals surface area contributed by atoms with E-state index >= 15 is 0 Å². The number of methoxy groups -OCH3 is 2. The van der Waals surface area contributed by atoms with Crippen LogP contribution in [0.4, 0.5) is 0 Å². The number of benzene rings is 1. The number of carbonyl (C=O) groups is 1. The number of carbonyl (C=O) groups excluding carboxylic acids is 1. The zero-order valence-corrected chi connectivity index (χ0v) is 10.6. The molecule has 0 N–H and O–H groups in total. The molecule has 4 heteroatoms. The van der Waals surface area contributed by atoms with Gasteiger partial charge in [-0.05, 0) is 30.5 Å². The summed E-state index contributed by atoms with van der Waals surface area (Å²) in [6.45, 7) is 1.81. The molecule has 0 saturated heterocycles. The fourth-order valence-corrected chi connectivity index (χ4v) is 2.09. The third-order valence-corrected chi connectivity index (χ3v) is 3.03. The van der Waals surface area contributed by atoms with Crippen LogP contribution >= 0.6 is 0 Å². The standard InChI is InChI=1S/C14H15NO3/c1-9(14(16)18-3)13-11-6-7-15-8-10(11)4-5-12(13)17-2/h4-9H,1-3H3. The van der Waals surface area contributed by atoms with Gasteiger partial charge in [0.25, 0.3) is 0 Å². The summed E-state index contributed by atoms with van der Waals surface area (Å²) < 4.78 is 10.1. The lowest BCUT2D eigenvalue weighted by Crippen LogP contribution is -2.12. The summed E-state index contributed by atoms with van der Waals surface area (Å²) in [5, 5.41) is 1.94. The zero-order valence-electron chi connectivity index (χ0n) is 10.6. The van der Waals surface area contributed by atoms with E-state index in [1.165, 1.54) is 7.11 Å². The van der Waals surface area contributed by atoms with Gasteiger partial charge in [0.1, 0.15) is 5.75 Å². The van der Waals surface area contributed by atoms with E-state index in [1.807, 2.05) is 25.1 Å². The minimum atomic E-state index is -0.379. The highest BCUT2D eigenvalue weighted by molar-refractivity contribution is 5.92. The van der Waals surface area contributed by atoms with E-state index in [9.17, 15) is 4.79 Å². The quantitative estimate of drug-likeness (QED) is 0.780. The highest BCUT2D eigenvalue weighted by Crippen LogP contribution is 2.34. The molecule has 94 valence electrons. The van der Waals surface area contributed by atoms with Gasteiger partial charge in [0.05, 0.1) is 20.1 Å². The molecular weight excluding hydrogens is 230 g/mol. The second-order valence-corrected chi connectivity index (χ2v) is 4.02. The monoisotopic (exact) mass is 245 g/mol. The lowest BCUT2D eigenvalue weighted by Gasteiger charge is -2.16. The molecule has 4 nitrogen and oxygen atoms in total. The number of pyridine rings is 1. The van der Waals surface area contributed by atoms with Crippen molar-refractivity contribution in [2.45, 2.75) is 12.8 Å². The molecule has 0 saturated carbocycles. The van der Waals surface area contributed by atoms with Gasteiger partial charge in [-0.25, -0.2) is 0 Å². The number of nitrogens with zero attached hydrogens (tertiary/aromatic N) is 1. The lowest BCUT2D eigenvalue weighted by molar-refractivity contribution is -0.142. The minimum Gasteiger partial charge on any atom is -0.496 e. The van der Waals surface area contributed by atoms with E-state index in [0.29, 0.717) is 5.75 Å². The summed E-state index contributed by atoms with van der Waals surface area (Å²) in [5.41, 5.74) is 0.837. The van der Waals surface area contributed by atoms with Crippen molar-refractivity contribution in [3.63, 3.8) is 0 Å². The van der Waals surface area contributed by atoms with Gasteiger partial charge in [-0.3, -0.25) is 9.78 Å². The summed E-state index contributed by atoms with van der Waals surface area (Å²) in [6.07, 6.45) is 3.47. The van der Waals surface area contributed by atoms with Gasteiger partial charge >= 0.3 is 5.97 Å². The maximum atomic E-state index is 11.7. The molecule has 1 aromatic carbocycles. The molecule has 0 bridgehead atoms. The minimum absolute atomic E-state index is 0.280. The van der Waals surface area contributed by atoms with Crippen molar-refractivity contribution in [3.05, 3.63) is 36.2 Å². The number of rotatable bonds is 3. The Hall–Kier alpha value is -2.10. The smallest absolute Gasteiger partial charge is 0.313 e. The molecule has 2 aromatic rings. The molecule has 0 spiro atoms. The lowest BCUT2D eigenvalue weighted by atomic mass is 9.94. The Labute approximate surface area is 106 Å². The maximum absolute atomic E-state index is 11.7. The van der Waals surface area contributed by atoms with Crippen LogP contribution in [0.2, 0.25) is 0 Å². The molecule has 1 aromatic heterocycles. The average Bonchev–Trinajstić information content (AvgIpc) is 2.44. The number of fused-ring (bicyclic) bond motifs is 1. The fraction of sp³-hybridized carbons (Fsp3) is 0.286. The third kappa shape index (κ3) is 2.01. The Morgan fingerprint density at radius 3 is 2.72 bits per heavy atom. The van der Waals surface area contributed by atoms with E-state index in [-0.39, 0.29) is 11.9 Å². The van der Waals surface area contributed by atoms with Crippen LogP contribution in [0.25, 0.3) is 10.8 Å². The molecule has 2 rings (SSSR count). The van der Waals surface area contributed by atoms with Gasteiger partial charge in [-0.15, -0.1) is 0 Å². The Morgan fingerprint density at radius 1 is 1.28 bits per heavy atom. The molecule has 0 aliphatic carbocycles. The van der Waals surface area contributed by atoms with Crippen molar-refractivity contribution in [1.82, 2.24) is 4.98 Å². The van der Waals surface area contributed by atoms with E-state index in [0.717, 1.165) is 16.3 Å². The van der Waals surface area contributed by atoms with Gasteiger partial charge < -0.3 is 9.47 Å². The first kappa shape index (κ1) is 12.4. The van der Waals surface area contributed by atoms with Gasteiger partial charge in [0.15, 0.2) is 0 Å². The van der Waals surface area contributed by atoms with Crippen molar-refractivity contribution in [2.75, 3.05) is 14.2 Å². The van der Waals surface area contributed by atoms with Crippen LogP contribution in [0.1, 0.15) is 18.4 Å². The Morgan fingerprint density at radius 2 is 2.06 bits per heavy atom. The molecule has 18 heavy (non-hydrogen) atoms. The number of aromatic nitrogens is 1. The first-order chi connectivity index (χ1) is 8.69. The Bertz CT molecular complexity index is 580. The molecule has 0 fully saturated rings. The van der Waals surface area contributed by atoms with Gasteiger partial charge in [-0.1, -0.05) is 0 Å². The number of hydrogen-bond donors (Lipinski definition) is 0. The molecule has 0 aliphatic heterocycles. The van der Waals surface area contributed by atoms with E-state index in [2.05, 4.69) is 4.98 Å². The van der Waals surface area contributed by atoms with Crippen LogP contribution in [-0.2, 0) is 9.53 Å². The Balaban J connectivity index is 2.68.